The Morgan fingerprint density at radius 3 is 2.64 bits per heavy atom. The molecule has 0 aromatic carbocycles. The number of H-pyrrole nitrogens is 1. The van der Waals surface area contributed by atoms with Gasteiger partial charge >= 0.3 is 5.97 Å². The Morgan fingerprint density at radius 2 is 2.14 bits per heavy atom. The van der Waals surface area contributed by atoms with Crippen LogP contribution in [-0.2, 0) is 6.42 Å². The van der Waals surface area contributed by atoms with Crippen LogP contribution in [0, 0.1) is 5.92 Å². The van der Waals surface area contributed by atoms with Gasteiger partial charge in [-0.05, 0) is 12.3 Å². The number of pyridine rings is 1. The van der Waals surface area contributed by atoms with Gasteiger partial charge in [-0.25, -0.2) is 4.79 Å². The maximum Gasteiger partial charge on any atom is 0.341 e. The van der Waals surface area contributed by atoms with E-state index < -0.39 is 5.97 Å². The highest BCUT2D eigenvalue weighted by molar-refractivity contribution is 5.87. The SMILES string of the molecule is CC(C)Cc1c[nH]cc(C(=O)O)c1=O. The molecule has 1 heterocycles. The third-order valence-electron chi connectivity index (χ3n) is 1.88. The summed E-state index contributed by atoms with van der Waals surface area (Å²) in [7, 11) is 0. The van der Waals surface area contributed by atoms with Gasteiger partial charge in [0.15, 0.2) is 5.43 Å². The van der Waals surface area contributed by atoms with E-state index >= 15 is 0 Å². The lowest BCUT2D eigenvalue weighted by Gasteiger charge is -2.04. The molecule has 1 rings (SSSR count). The summed E-state index contributed by atoms with van der Waals surface area (Å²) in [4.78, 5) is 24.9. The molecule has 4 nitrogen and oxygen atoms in total. The van der Waals surface area contributed by atoms with Crippen molar-refractivity contribution >= 4 is 5.97 Å². The highest BCUT2D eigenvalue weighted by Gasteiger charge is 2.11. The summed E-state index contributed by atoms with van der Waals surface area (Å²) >= 11 is 0. The van der Waals surface area contributed by atoms with Crippen molar-refractivity contribution < 1.29 is 9.90 Å². The Hall–Kier alpha value is -1.58. The second kappa shape index (κ2) is 4.09. The fourth-order valence-corrected chi connectivity index (χ4v) is 1.28. The summed E-state index contributed by atoms with van der Waals surface area (Å²) in [5, 5.41) is 8.70. The van der Waals surface area contributed by atoms with Crippen LogP contribution in [0.5, 0.6) is 0 Å². The van der Waals surface area contributed by atoms with E-state index in [-0.39, 0.29) is 11.0 Å². The normalized spacial score (nSPS) is 10.5. The molecule has 0 radical (unpaired) electrons. The fraction of sp³-hybridized carbons (Fsp3) is 0.400. The molecule has 14 heavy (non-hydrogen) atoms. The minimum atomic E-state index is -1.18. The van der Waals surface area contributed by atoms with Crippen molar-refractivity contribution in [3.63, 3.8) is 0 Å². The summed E-state index contributed by atoms with van der Waals surface area (Å²) in [6.07, 6.45) is 3.37. The predicted octanol–water partition coefficient (Wildman–Crippen LogP) is 1.27. The highest BCUT2D eigenvalue weighted by Crippen LogP contribution is 2.03. The smallest absolute Gasteiger partial charge is 0.341 e. The van der Waals surface area contributed by atoms with E-state index in [1.807, 2.05) is 13.8 Å². The Labute approximate surface area is 81.6 Å². The number of aromatic nitrogens is 1. The lowest BCUT2D eigenvalue weighted by molar-refractivity contribution is 0.0695. The molecule has 0 bridgehead atoms. The molecule has 0 saturated heterocycles. The third-order valence-corrected chi connectivity index (χ3v) is 1.88. The molecule has 0 aliphatic heterocycles. The van der Waals surface area contributed by atoms with Crippen molar-refractivity contribution in [2.45, 2.75) is 20.3 Å². The van der Waals surface area contributed by atoms with Crippen LogP contribution in [0.3, 0.4) is 0 Å². The molecule has 0 atom stereocenters. The van der Waals surface area contributed by atoms with Crippen molar-refractivity contribution in [1.82, 2.24) is 4.98 Å². The Balaban J connectivity index is 3.15. The first-order valence-electron chi connectivity index (χ1n) is 4.45. The molecule has 1 aromatic heterocycles. The quantitative estimate of drug-likeness (QED) is 0.763. The van der Waals surface area contributed by atoms with Crippen LogP contribution in [0.25, 0.3) is 0 Å². The molecule has 0 fully saturated rings. The Kier molecular flexibility index (Phi) is 3.06. The molecule has 2 N–H and O–H groups in total. The van der Waals surface area contributed by atoms with Crippen molar-refractivity contribution in [3.05, 3.63) is 33.7 Å². The number of carboxylic acids is 1. The molecule has 0 aliphatic rings. The van der Waals surface area contributed by atoms with Crippen LogP contribution in [0.1, 0.15) is 29.8 Å². The second-order valence-corrected chi connectivity index (χ2v) is 3.63. The molecular formula is C10H13NO3. The van der Waals surface area contributed by atoms with E-state index in [0.29, 0.717) is 17.9 Å². The molecule has 76 valence electrons. The van der Waals surface area contributed by atoms with Gasteiger partial charge in [-0.2, -0.15) is 0 Å². The molecule has 4 heteroatoms. The topological polar surface area (TPSA) is 70.2 Å². The lowest BCUT2D eigenvalue weighted by atomic mass is 10.0. The number of nitrogens with one attached hydrogen (secondary N) is 1. The minimum Gasteiger partial charge on any atom is -0.477 e. The molecule has 0 spiro atoms. The van der Waals surface area contributed by atoms with Gasteiger partial charge in [0.1, 0.15) is 5.56 Å². The van der Waals surface area contributed by atoms with Crippen LogP contribution >= 0.6 is 0 Å². The first-order valence-corrected chi connectivity index (χ1v) is 4.45. The molecule has 0 unspecified atom stereocenters. The van der Waals surface area contributed by atoms with E-state index in [4.69, 9.17) is 5.11 Å². The van der Waals surface area contributed by atoms with E-state index in [2.05, 4.69) is 4.98 Å². The predicted molar refractivity (Wildman–Crippen MR) is 52.6 cm³/mol. The van der Waals surface area contributed by atoms with Gasteiger partial charge in [0.05, 0.1) is 0 Å². The highest BCUT2D eigenvalue weighted by atomic mass is 16.4. The van der Waals surface area contributed by atoms with Gasteiger partial charge in [-0.15, -0.1) is 0 Å². The van der Waals surface area contributed by atoms with Gasteiger partial charge in [0, 0.05) is 18.0 Å². The van der Waals surface area contributed by atoms with Crippen LogP contribution in [0.2, 0.25) is 0 Å². The number of carboxylic acid groups (broad SMARTS) is 1. The lowest BCUT2D eigenvalue weighted by Crippen LogP contribution is -2.20. The molecule has 0 amide bonds. The van der Waals surface area contributed by atoms with Crippen LogP contribution in [-0.4, -0.2) is 16.1 Å². The number of aromatic carboxylic acids is 1. The van der Waals surface area contributed by atoms with Crippen LogP contribution < -0.4 is 5.43 Å². The van der Waals surface area contributed by atoms with Gasteiger partial charge in [0.25, 0.3) is 0 Å². The van der Waals surface area contributed by atoms with Crippen molar-refractivity contribution in [1.29, 1.82) is 0 Å². The average Bonchev–Trinajstić information content (AvgIpc) is 2.07. The summed E-state index contributed by atoms with van der Waals surface area (Å²) in [6, 6.07) is 0. The van der Waals surface area contributed by atoms with E-state index in [1.165, 1.54) is 6.20 Å². The fourth-order valence-electron chi connectivity index (χ4n) is 1.28. The summed E-state index contributed by atoms with van der Waals surface area (Å²) in [6.45, 7) is 3.96. The molecule has 1 aromatic rings. The molecule has 0 aliphatic carbocycles. The number of hydrogen-bond acceptors (Lipinski definition) is 2. The minimum absolute atomic E-state index is 0.192. The number of aromatic amines is 1. The number of rotatable bonds is 3. The van der Waals surface area contributed by atoms with Crippen molar-refractivity contribution in [3.8, 4) is 0 Å². The largest absolute Gasteiger partial charge is 0.477 e. The Bertz CT molecular complexity index is 393. The standard InChI is InChI=1S/C10H13NO3/c1-6(2)3-7-4-11-5-8(9(7)12)10(13)14/h4-6H,3H2,1-2H3,(H,11,12)(H,13,14). The van der Waals surface area contributed by atoms with Gasteiger partial charge in [-0.1, -0.05) is 13.8 Å². The van der Waals surface area contributed by atoms with Gasteiger partial charge < -0.3 is 10.1 Å². The summed E-state index contributed by atoms with van der Waals surface area (Å²) in [5.74, 6) is -0.850. The summed E-state index contributed by atoms with van der Waals surface area (Å²) in [5.41, 5.74) is -0.0481. The zero-order valence-electron chi connectivity index (χ0n) is 8.20. The monoisotopic (exact) mass is 195 g/mol. The second-order valence-electron chi connectivity index (χ2n) is 3.63. The maximum atomic E-state index is 11.5. The molecular weight excluding hydrogens is 182 g/mol. The number of hydrogen-bond donors (Lipinski definition) is 2. The average molecular weight is 195 g/mol. The van der Waals surface area contributed by atoms with Crippen molar-refractivity contribution in [2.24, 2.45) is 5.92 Å². The van der Waals surface area contributed by atoms with E-state index in [9.17, 15) is 9.59 Å². The first kappa shape index (κ1) is 10.5. The van der Waals surface area contributed by atoms with E-state index in [0.717, 1.165) is 0 Å². The van der Waals surface area contributed by atoms with Gasteiger partial charge in [0.2, 0.25) is 0 Å². The molecule has 0 saturated carbocycles. The maximum absolute atomic E-state index is 11.5. The Morgan fingerprint density at radius 1 is 1.50 bits per heavy atom. The van der Waals surface area contributed by atoms with Crippen LogP contribution in [0.15, 0.2) is 17.2 Å². The van der Waals surface area contributed by atoms with Crippen LogP contribution in [0.4, 0.5) is 0 Å². The zero-order chi connectivity index (χ0) is 10.7. The summed E-state index contributed by atoms with van der Waals surface area (Å²) < 4.78 is 0. The van der Waals surface area contributed by atoms with E-state index in [1.54, 1.807) is 6.20 Å². The van der Waals surface area contributed by atoms with Gasteiger partial charge in [-0.3, -0.25) is 4.79 Å². The third kappa shape index (κ3) is 2.22. The zero-order valence-corrected chi connectivity index (χ0v) is 8.20. The first-order chi connectivity index (χ1) is 6.52. The number of carbonyl (C=O) groups is 1. The van der Waals surface area contributed by atoms with Crippen molar-refractivity contribution in [2.75, 3.05) is 0 Å².